The highest BCUT2D eigenvalue weighted by Crippen LogP contribution is 2.22. The summed E-state index contributed by atoms with van der Waals surface area (Å²) in [5.41, 5.74) is 0.499. The molecule has 8 nitrogen and oxygen atoms in total. The smallest absolute Gasteiger partial charge is 0.240 e. The maximum absolute atomic E-state index is 12.4. The first-order valence-electron chi connectivity index (χ1n) is 9.58. The minimum Gasteiger partial charge on any atom is -0.377 e. The Kier molecular flexibility index (Phi) is 6.36. The minimum atomic E-state index is -3.63. The second-order valence-corrected chi connectivity index (χ2v) is 9.31. The van der Waals surface area contributed by atoms with Gasteiger partial charge in [-0.3, -0.25) is 9.59 Å². The van der Waals surface area contributed by atoms with Gasteiger partial charge in [0.1, 0.15) is 0 Å². The zero-order valence-electron chi connectivity index (χ0n) is 16.2. The van der Waals surface area contributed by atoms with Gasteiger partial charge in [0.2, 0.25) is 21.8 Å². The molecule has 2 N–H and O–H groups in total. The molecule has 1 aromatic carbocycles. The van der Waals surface area contributed by atoms with Crippen LogP contribution in [0.4, 0.5) is 5.69 Å². The molecule has 2 heterocycles. The lowest BCUT2D eigenvalue weighted by Crippen LogP contribution is -2.33. The number of benzene rings is 1. The molecule has 0 bridgehead atoms. The van der Waals surface area contributed by atoms with Crippen molar-refractivity contribution in [2.24, 2.45) is 5.92 Å². The number of anilines is 1. The first-order chi connectivity index (χ1) is 13.3. The Morgan fingerprint density at radius 2 is 2.00 bits per heavy atom. The number of nitrogens with zero attached hydrogens (tertiary/aromatic N) is 1. The summed E-state index contributed by atoms with van der Waals surface area (Å²) < 4.78 is 32.7. The molecule has 0 unspecified atom stereocenters. The average molecular weight is 410 g/mol. The van der Waals surface area contributed by atoms with Crippen LogP contribution in [0.25, 0.3) is 0 Å². The molecule has 2 aliphatic heterocycles. The zero-order valence-corrected chi connectivity index (χ0v) is 17.0. The van der Waals surface area contributed by atoms with Crippen LogP contribution in [-0.4, -0.2) is 57.0 Å². The summed E-state index contributed by atoms with van der Waals surface area (Å²) in [7, 11) is -3.63. The van der Waals surface area contributed by atoms with Crippen molar-refractivity contribution >= 4 is 27.5 Å². The number of carbonyl (C=O) groups excluding carboxylic acids is 2. The van der Waals surface area contributed by atoms with Gasteiger partial charge in [0, 0.05) is 37.8 Å². The van der Waals surface area contributed by atoms with Crippen molar-refractivity contribution in [3.63, 3.8) is 0 Å². The molecule has 3 rings (SSSR count). The van der Waals surface area contributed by atoms with Gasteiger partial charge >= 0.3 is 0 Å². The third-order valence-corrected chi connectivity index (χ3v) is 6.55. The van der Waals surface area contributed by atoms with Crippen molar-refractivity contribution in [1.82, 2.24) is 9.62 Å². The van der Waals surface area contributed by atoms with Crippen LogP contribution in [0.2, 0.25) is 0 Å². The summed E-state index contributed by atoms with van der Waals surface area (Å²) in [6.45, 7) is 5.17. The fraction of sp³-hybridized carbons (Fsp3) is 0.579. The van der Waals surface area contributed by atoms with E-state index in [1.54, 1.807) is 17.0 Å². The minimum absolute atomic E-state index is 0.0195. The van der Waals surface area contributed by atoms with E-state index in [1.165, 1.54) is 12.1 Å². The van der Waals surface area contributed by atoms with E-state index in [1.807, 2.05) is 13.8 Å². The molecule has 0 aromatic heterocycles. The van der Waals surface area contributed by atoms with Crippen molar-refractivity contribution in [1.29, 1.82) is 0 Å². The van der Waals surface area contributed by atoms with Gasteiger partial charge in [0.15, 0.2) is 0 Å². The van der Waals surface area contributed by atoms with Crippen LogP contribution >= 0.6 is 0 Å². The van der Waals surface area contributed by atoms with Crippen LogP contribution in [0, 0.1) is 5.92 Å². The molecule has 154 valence electrons. The highest BCUT2D eigenvalue weighted by atomic mass is 32.2. The van der Waals surface area contributed by atoms with E-state index in [4.69, 9.17) is 4.74 Å². The molecule has 0 radical (unpaired) electrons. The van der Waals surface area contributed by atoms with Gasteiger partial charge in [-0.2, -0.15) is 0 Å². The number of carbonyl (C=O) groups is 2. The normalized spacial score (nSPS) is 22.8. The van der Waals surface area contributed by atoms with Gasteiger partial charge in [-0.25, -0.2) is 13.1 Å². The molecule has 0 saturated carbocycles. The van der Waals surface area contributed by atoms with Crippen LogP contribution < -0.4 is 10.0 Å². The number of ether oxygens (including phenoxy) is 1. The van der Waals surface area contributed by atoms with Crippen molar-refractivity contribution in [2.75, 3.05) is 25.0 Å². The van der Waals surface area contributed by atoms with Crippen molar-refractivity contribution in [2.45, 2.75) is 50.2 Å². The van der Waals surface area contributed by atoms with Crippen molar-refractivity contribution in [3.05, 3.63) is 24.3 Å². The molecule has 2 fully saturated rings. The number of amides is 2. The summed E-state index contributed by atoms with van der Waals surface area (Å²) in [4.78, 5) is 26.2. The SMILES string of the molecule is CC(C)N1C[C@@H](C(=O)Nc2ccc(S(=O)(=O)NC[C@@H]3CCCO3)cc2)CC1=O. The summed E-state index contributed by atoms with van der Waals surface area (Å²) in [5.74, 6) is -0.649. The molecule has 0 spiro atoms. The van der Waals surface area contributed by atoms with Gasteiger partial charge in [0.25, 0.3) is 0 Å². The molecule has 1 aromatic rings. The highest BCUT2D eigenvalue weighted by molar-refractivity contribution is 7.89. The van der Waals surface area contributed by atoms with E-state index >= 15 is 0 Å². The number of sulfonamides is 1. The van der Waals surface area contributed by atoms with Crippen LogP contribution in [0.3, 0.4) is 0 Å². The summed E-state index contributed by atoms with van der Waals surface area (Å²) >= 11 is 0. The fourth-order valence-corrected chi connectivity index (χ4v) is 4.53. The van der Waals surface area contributed by atoms with E-state index in [2.05, 4.69) is 10.0 Å². The first-order valence-corrected chi connectivity index (χ1v) is 11.1. The number of hydrogen-bond donors (Lipinski definition) is 2. The second kappa shape index (κ2) is 8.59. The Bertz CT molecular complexity index is 816. The van der Waals surface area contributed by atoms with Gasteiger partial charge in [-0.1, -0.05) is 0 Å². The topological polar surface area (TPSA) is 105 Å². The highest BCUT2D eigenvalue weighted by Gasteiger charge is 2.35. The average Bonchev–Trinajstić information content (AvgIpc) is 3.30. The van der Waals surface area contributed by atoms with E-state index in [0.29, 0.717) is 18.8 Å². The fourth-order valence-electron chi connectivity index (χ4n) is 3.46. The zero-order chi connectivity index (χ0) is 20.3. The van der Waals surface area contributed by atoms with E-state index in [9.17, 15) is 18.0 Å². The third-order valence-electron chi connectivity index (χ3n) is 5.11. The predicted octanol–water partition coefficient (Wildman–Crippen LogP) is 1.34. The quantitative estimate of drug-likeness (QED) is 0.707. The molecule has 0 aliphatic carbocycles. The molecular formula is C19H27N3O5S. The molecule has 9 heteroatoms. The third kappa shape index (κ3) is 4.89. The van der Waals surface area contributed by atoms with Gasteiger partial charge in [-0.05, 0) is 51.0 Å². The molecule has 2 aliphatic rings. The number of hydrogen-bond acceptors (Lipinski definition) is 5. The first kappa shape index (κ1) is 20.8. The van der Waals surface area contributed by atoms with Gasteiger partial charge in [-0.15, -0.1) is 0 Å². The van der Waals surface area contributed by atoms with E-state index in [-0.39, 0.29) is 41.8 Å². The molecular weight excluding hydrogens is 382 g/mol. The Morgan fingerprint density at radius 1 is 1.29 bits per heavy atom. The predicted molar refractivity (Wildman–Crippen MR) is 104 cm³/mol. The Labute approximate surface area is 165 Å². The summed E-state index contributed by atoms with van der Waals surface area (Å²) in [6, 6.07) is 6.07. The lowest BCUT2D eigenvalue weighted by Gasteiger charge is -2.20. The number of likely N-dealkylation sites (tertiary alicyclic amines) is 1. The van der Waals surface area contributed by atoms with Crippen molar-refractivity contribution in [3.8, 4) is 0 Å². The van der Waals surface area contributed by atoms with E-state index < -0.39 is 15.9 Å². The molecule has 28 heavy (non-hydrogen) atoms. The molecule has 2 amide bonds. The van der Waals surface area contributed by atoms with Crippen LogP contribution in [0.15, 0.2) is 29.2 Å². The van der Waals surface area contributed by atoms with E-state index in [0.717, 1.165) is 12.8 Å². The van der Waals surface area contributed by atoms with Gasteiger partial charge < -0.3 is 15.0 Å². The van der Waals surface area contributed by atoms with Crippen LogP contribution in [-0.2, 0) is 24.3 Å². The Morgan fingerprint density at radius 3 is 2.57 bits per heavy atom. The van der Waals surface area contributed by atoms with Crippen LogP contribution in [0.5, 0.6) is 0 Å². The maximum atomic E-state index is 12.4. The largest absolute Gasteiger partial charge is 0.377 e. The monoisotopic (exact) mass is 409 g/mol. The number of nitrogens with one attached hydrogen (secondary N) is 2. The lowest BCUT2D eigenvalue weighted by molar-refractivity contribution is -0.129. The molecule has 2 saturated heterocycles. The lowest BCUT2D eigenvalue weighted by atomic mass is 10.1. The second-order valence-electron chi connectivity index (χ2n) is 7.54. The Balaban J connectivity index is 1.56. The van der Waals surface area contributed by atoms with Crippen molar-refractivity contribution < 1.29 is 22.7 Å². The standard InChI is InChI=1S/C19H27N3O5S/c1-13(2)22-12-14(10-18(22)23)19(24)21-15-5-7-17(8-6-15)28(25,26)20-11-16-4-3-9-27-16/h5-8,13-14,16,20H,3-4,9-12H2,1-2H3,(H,21,24)/t14-,16-/m0/s1. The van der Waals surface area contributed by atoms with Gasteiger partial charge in [0.05, 0.1) is 16.9 Å². The van der Waals surface area contributed by atoms with Crippen LogP contribution in [0.1, 0.15) is 33.1 Å². The summed E-state index contributed by atoms with van der Waals surface area (Å²) in [5, 5.41) is 2.77. The molecule has 2 atom stereocenters. The Hall–Kier alpha value is -1.97. The number of rotatable bonds is 7. The summed E-state index contributed by atoms with van der Waals surface area (Å²) in [6.07, 6.45) is 1.92. The maximum Gasteiger partial charge on any atom is 0.240 e.